The zero-order valence-electron chi connectivity index (χ0n) is 11.4. The van der Waals surface area contributed by atoms with E-state index < -0.39 is 8.80 Å². The van der Waals surface area contributed by atoms with E-state index in [0.29, 0.717) is 0 Å². The third kappa shape index (κ3) is 3.06. The van der Waals surface area contributed by atoms with Crippen LogP contribution in [0.4, 0.5) is 0 Å². The second kappa shape index (κ2) is 6.35. The maximum Gasteiger partial charge on any atom is 0.125 e. The quantitative estimate of drug-likeness (QED) is 0.641. The average Bonchev–Trinajstić information content (AvgIpc) is 2.55. The van der Waals surface area contributed by atoms with Gasteiger partial charge in [-0.15, -0.1) is 0 Å². The first-order valence-corrected chi connectivity index (χ1v) is 8.65. The molecule has 0 bridgehead atoms. The van der Waals surface area contributed by atoms with E-state index in [-0.39, 0.29) is 0 Å². The van der Waals surface area contributed by atoms with E-state index in [4.69, 9.17) is 0 Å². The second-order valence-corrected chi connectivity index (χ2v) is 7.34. The van der Waals surface area contributed by atoms with Gasteiger partial charge in [0.05, 0.1) is 0 Å². The fraction of sp³-hybridized carbons (Fsp3) is 0.0526. The Morgan fingerprint density at radius 1 is 0.500 bits per heavy atom. The van der Waals surface area contributed by atoms with Crippen molar-refractivity contribution in [3.63, 3.8) is 0 Å². The van der Waals surface area contributed by atoms with E-state index in [1.165, 1.54) is 15.9 Å². The summed E-state index contributed by atoms with van der Waals surface area (Å²) in [7, 11) is -0.752. The van der Waals surface area contributed by atoms with Crippen molar-refractivity contribution in [3.05, 3.63) is 96.6 Å². The molecule has 0 spiro atoms. The lowest BCUT2D eigenvalue weighted by atomic mass is 10.2. The molecule has 97 valence electrons. The minimum absolute atomic E-state index is 0.752. The van der Waals surface area contributed by atoms with Crippen molar-refractivity contribution in [1.29, 1.82) is 0 Å². The summed E-state index contributed by atoms with van der Waals surface area (Å²) in [5.41, 5.74) is 1.43. The lowest BCUT2D eigenvalue weighted by Crippen LogP contribution is -2.44. The summed E-state index contributed by atoms with van der Waals surface area (Å²) in [6.45, 7) is 0. The molecular weight excluding hydrogens is 256 g/mol. The highest BCUT2D eigenvalue weighted by Gasteiger charge is 2.16. The Bertz CT molecular complexity index is 593. The summed E-state index contributed by atoms with van der Waals surface area (Å²) < 4.78 is 0. The smallest absolute Gasteiger partial charge is 0.0628 e. The van der Waals surface area contributed by atoms with Gasteiger partial charge in [0.2, 0.25) is 0 Å². The Labute approximate surface area is 122 Å². The Morgan fingerprint density at radius 3 is 1.35 bits per heavy atom. The topological polar surface area (TPSA) is 0 Å². The minimum Gasteiger partial charge on any atom is -0.0628 e. The van der Waals surface area contributed by atoms with Gasteiger partial charge in [0, 0.05) is 0 Å². The maximum atomic E-state index is 2.27. The minimum atomic E-state index is -0.752. The standard InChI is InChI=1S/C19H17Si/c1-4-10-17(11-5-1)16-20(18-12-6-2-7-13-18)19-14-8-3-9-15-19/h1-15H,16H2. The van der Waals surface area contributed by atoms with Crippen LogP contribution in [0, 0.1) is 0 Å². The Balaban J connectivity index is 1.96. The number of hydrogen-bond donors (Lipinski definition) is 0. The fourth-order valence-electron chi connectivity index (χ4n) is 2.45. The molecule has 0 fully saturated rings. The first-order chi connectivity index (χ1) is 9.93. The molecule has 3 aromatic rings. The normalized spacial score (nSPS) is 10.7. The van der Waals surface area contributed by atoms with Crippen molar-refractivity contribution in [2.24, 2.45) is 0 Å². The highest BCUT2D eigenvalue weighted by Crippen LogP contribution is 2.04. The van der Waals surface area contributed by atoms with Crippen LogP contribution in [0.25, 0.3) is 0 Å². The highest BCUT2D eigenvalue weighted by atomic mass is 28.3. The second-order valence-electron chi connectivity index (χ2n) is 4.87. The average molecular weight is 273 g/mol. The highest BCUT2D eigenvalue weighted by molar-refractivity contribution is 6.84. The summed E-state index contributed by atoms with van der Waals surface area (Å²) in [6.07, 6.45) is 0. The number of rotatable bonds is 4. The first-order valence-electron chi connectivity index (χ1n) is 6.94. The molecule has 0 nitrogen and oxygen atoms in total. The fourth-order valence-corrected chi connectivity index (χ4v) is 5.02. The number of hydrogen-bond acceptors (Lipinski definition) is 0. The molecule has 0 atom stereocenters. The zero-order valence-corrected chi connectivity index (χ0v) is 12.4. The van der Waals surface area contributed by atoms with Gasteiger partial charge in [-0.3, -0.25) is 0 Å². The monoisotopic (exact) mass is 273 g/mol. The largest absolute Gasteiger partial charge is 0.125 e. The van der Waals surface area contributed by atoms with Crippen molar-refractivity contribution in [1.82, 2.24) is 0 Å². The van der Waals surface area contributed by atoms with Crippen molar-refractivity contribution in [2.45, 2.75) is 6.04 Å². The van der Waals surface area contributed by atoms with E-state index in [9.17, 15) is 0 Å². The molecule has 3 aromatic carbocycles. The Morgan fingerprint density at radius 2 is 0.900 bits per heavy atom. The van der Waals surface area contributed by atoms with Crippen LogP contribution < -0.4 is 10.4 Å². The summed E-state index contributed by atoms with van der Waals surface area (Å²) >= 11 is 0. The van der Waals surface area contributed by atoms with Crippen LogP contribution >= 0.6 is 0 Å². The molecule has 0 saturated heterocycles. The molecule has 0 heterocycles. The predicted molar refractivity (Wildman–Crippen MR) is 88.1 cm³/mol. The maximum absolute atomic E-state index is 2.27. The van der Waals surface area contributed by atoms with E-state index in [1.807, 2.05) is 0 Å². The lowest BCUT2D eigenvalue weighted by molar-refractivity contribution is 1.37. The summed E-state index contributed by atoms with van der Waals surface area (Å²) in [5, 5.41) is 2.96. The van der Waals surface area contributed by atoms with Crippen molar-refractivity contribution in [3.8, 4) is 0 Å². The van der Waals surface area contributed by atoms with Crippen LogP contribution in [0.15, 0.2) is 91.0 Å². The molecule has 0 unspecified atom stereocenters. The molecule has 0 amide bonds. The molecule has 0 saturated carbocycles. The van der Waals surface area contributed by atoms with E-state index >= 15 is 0 Å². The SMILES string of the molecule is c1ccc(C[Si](c2ccccc2)c2ccccc2)cc1. The molecule has 1 radical (unpaired) electrons. The molecule has 0 aliphatic rings. The van der Waals surface area contributed by atoms with Crippen molar-refractivity contribution < 1.29 is 0 Å². The molecule has 0 aliphatic carbocycles. The molecule has 20 heavy (non-hydrogen) atoms. The van der Waals surface area contributed by atoms with Gasteiger partial charge < -0.3 is 0 Å². The molecular formula is C19H17Si. The van der Waals surface area contributed by atoms with E-state index in [2.05, 4.69) is 91.0 Å². The third-order valence-corrected chi connectivity index (χ3v) is 6.29. The first kappa shape index (κ1) is 12.9. The van der Waals surface area contributed by atoms with Crippen LogP contribution in [0.1, 0.15) is 5.56 Å². The summed E-state index contributed by atoms with van der Waals surface area (Å²) in [4.78, 5) is 0. The zero-order chi connectivity index (χ0) is 13.6. The van der Waals surface area contributed by atoms with Crippen molar-refractivity contribution in [2.75, 3.05) is 0 Å². The molecule has 0 aromatic heterocycles. The third-order valence-electron chi connectivity index (χ3n) is 3.47. The van der Waals surface area contributed by atoms with Gasteiger partial charge in [-0.25, -0.2) is 0 Å². The van der Waals surface area contributed by atoms with Crippen LogP contribution in [-0.2, 0) is 6.04 Å². The van der Waals surface area contributed by atoms with Crippen LogP contribution in [0.3, 0.4) is 0 Å². The van der Waals surface area contributed by atoms with Gasteiger partial charge in [0.1, 0.15) is 8.80 Å². The van der Waals surface area contributed by atoms with Gasteiger partial charge in [0.15, 0.2) is 0 Å². The molecule has 0 aliphatic heterocycles. The van der Waals surface area contributed by atoms with Gasteiger partial charge in [-0.05, 0) is 6.04 Å². The molecule has 0 N–H and O–H groups in total. The van der Waals surface area contributed by atoms with Gasteiger partial charge in [-0.1, -0.05) is 107 Å². The number of benzene rings is 3. The van der Waals surface area contributed by atoms with Crippen LogP contribution in [0.2, 0.25) is 0 Å². The van der Waals surface area contributed by atoms with Gasteiger partial charge >= 0.3 is 0 Å². The van der Waals surface area contributed by atoms with Crippen molar-refractivity contribution >= 4 is 19.2 Å². The Hall–Kier alpha value is -2.12. The van der Waals surface area contributed by atoms with Gasteiger partial charge in [-0.2, -0.15) is 0 Å². The van der Waals surface area contributed by atoms with E-state index in [1.54, 1.807) is 0 Å². The predicted octanol–water partition coefficient (Wildman–Crippen LogP) is 3.08. The van der Waals surface area contributed by atoms with Crippen LogP contribution in [0.5, 0.6) is 0 Å². The van der Waals surface area contributed by atoms with E-state index in [0.717, 1.165) is 6.04 Å². The summed E-state index contributed by atoms with van der Waals surface area (Å²) in [6, 6.07) is 33.8. The van der Waals surface area contributed by atoms with Gasteiger partial charge in [0.25, 0.3) is 0 Å². The molecule has 3 rings (SSSR count). The lowest BCUT2D eigenvalue weighted by Gasteiger charge is -2.16. The molecule has 1 heteroatoms. The van der Waals surface area contributed by atoms with Crippen LogP contribution in [-0.4, -0.2) is 8.80 Å². The Kier molecular flexibility index (Phi) is 4.09. The summed E-state index contributed by atoms with van der Waals surface area (Å²) in [5.74, 6) is 0.